The lowest BCUT2D eigenvalue weighted by molar-refractivity contribution is -0.137. The molecule has 1 aliphatic rings. The minimum Gasteiger partial charge on any atom is -0.350 e. The molecule has 1 saturated heterocycles. The molecule has 0 bridgehead atoms. The Labute approximate surface area is 154 Å². The van der Waals surface area contributed by atoms with Crippen LogP contribution in [0.2, 0.25) is 0 Å². The normalized spacial score (nSPS) is 15.4. The number of halogens is 3. The van der Waals surface area contributed by atoms with Gasteiger partial charge < -0.3 is 10.2 Å². The number of aryl methyl sites for hydroxylation is 1. The number of nitrogens with one attached hydrogen (secondary N) is 1. The smallest absolute Gasteiger partial charge is 0.350 e. The number of rotatable bonds is 5. The predicted molar refractivity (Wildman–Crippen MR) is 95.3 cm³/mol. The van der Waals surface area contributed by atoms with Crippen LogP contribution in [0.3, 0.4) is 0 Å². The van der Waals surface area contributed by atoms with Crippen LogP contribution in [0.1, 0.15) is 33.8 Å². The summed E-state index contributed by atoms with van der Waals surface area (Å²) in [6.07, 6.45) is -2.10. The molecule has 1 aromatic heterocycles. The van der Waals surface area contributed by atoms with E-state index in [4.69, 9.17) is 0 Å². The van der Waals surface area contributed by atoms with Gasteiger partial charge in [-0.3, -0.25) is 4.79 Å². The lowest BCUT2D eigenvalue weighted by atomic mass is 10.1. The van der Waals surface area contributed by atoms with Gasteiger partial charge in [0.1, 0.15) is 9.88 Å². The molecule has 1 fully saturated rings. The van der Waals surface area contributed by atoms with E-state index in [1.54, 1.807) is 6.92 Å². The number of likely N-dealkylation sites (tertiary alicyclic amines) is 1. The second-order valence-corrected chi connectivity index (χ2v) is 7.28. The van der Waals surface area contributed by atoms with Crippen molar-refractivity contribution in [3.63, 3.8) is 0 Å². The number of amides is 1. The molecule has 1 amide bonds. The Kier molecular flexibility index (Phi) is 5.62. The van der Waals surface area contributed by atoms with Crippen LogP contribution < -0.4 is 5.32 Å². The largest absolute Gasteiger partial charge is 0.417 e. The summed E-state index contributed by atoms with van der Waals surface area (Å²) in [4.78, 5) is 19.2. The van der Waals surface area contributed by atoms with Crippen molar-refractivity contribution in [3.8, 4) is 10.6 Å². The SMILES string of the molecule is Cc1nc(-c2ccccc2C(F)(F)F)sc1C(=O)NCCN1CCCC1. The molecule has 1 aromatic carbocycles. The van der Waals surface area contributed by atoms with E-state index in [1.165, 1.54) is 31.0 Å². The third-order valence-corrected chi connectivity index (χ3v) is 5.57. The van der Waals surface area contributed by atoms with Gasteiger partial charge >= 0.3 is 6.18 Å². The molecule has 0 radical (unpaired) electrons. The molecule has 1 N–H and O–H groups in total. The first kappa shape index (κ1) is 18.8. The van der Waals surface area contributed by atoms with Gasteiger partial charge in [0.2, 0.25) is 0 Å². The molecule has 1 aliphatic heterocycles. The fourth-order valence-electron chi connectivity index (χ4n) is 3.05. The predicted octanol–water partition coefficient (Wildman–Crippen LogP) is 3.96. The molecule has 26 heavy (non-hydrogen) atoms. The summed E-state index contributed by atoms with van der Waals surface area (Å²) >= 11 is 0.997. The van der Waals surface area contributed by atoms with E-state index in [1.807, 2.05) is 0 Å². The van der Waals surface area contributed by atoms with E-state index in [-0.39, 0.29) is 16.5 Å². The number of carbonyl (C=O) groups excluding carboxylic acids is 1. The molecule has 0 atom stereocenters. The van der Waals surface area contributed by atoms with Crippen molar-refractivity contribution >= 4 is 17.2 Å². The fourth-order valence-corrected chi connectivity index (χ4v) is 4.08. The third-order valence-electron chi connectivity index (χ3n) is 4.38. The molecule has 2 heterocycles. The average Bonchev–Trinajstić information content (AvgIpc) is 3.23. The van der Waals surface area contributed by atoms with Crippen LogP contribution in [0, 0.1) is 6.92 Å². The minimum absolute atomic E-state index is 0.00390. The standard InChI is InChI=1S/C18H20F3N3OS/c1-12-15(16(25)22-8-11-24-9-4-5-10-24)26-17(23-12)13-6-2-3-7-14(13)18(19,20)21/h2-3,6-7H,4-5,8-11H2,1H3,(H,22,25). The van der Waals surface area contributed by atoms with E-state index in [0.717, 1.165) is 37.0 Å². The lowest BCUT2D eigenvalue weighted by Crippen LogP contribution is -2.33. The van der Waals surface area contributed by atoms with Gasteiger partial charge in [0.15, 0.2) is 0 Å². The summed E-state index contributed by atoms with van der Waals surface area (Å²) in [5, 5.41) is 3.05. The number of aromatic nitrogens is 1. The first-order valence-electron chi connectivity index (χ1n) is 8.51. The molecule has 0 spiro atoms. The first-order valence-corrected chi connectivity index (χ1v) is 9.32. The number of carbonyl (C=O) groups is 1. The van der Waals surface area contributed by atoms with Crippen LogP contribution in [0.25, 0.3) is 10.6 Å². The Morgan fingerprint density at radius 3 is 2.65 bits per heavy atom. The monoisotopic (exact) mass is 383 g/mol. The molecule has 140 valence electrons. The van der Waals surface area contributed by atoms with Crippen LogP contribution in [0.4, 0.5) is 13.2 Å². The fraction of sp³-hybridized carbons (Fsp3) is 0.444. The highest BCUT2D eigenvalue weighted by molar-refractivity contribution is 7.17. The van der Waals surface area contributed by atoms with Gasteiger partial charge in [-0.05, 0) is 38.9 Å². The molecular formula is C18H20F3N3OS. The Balaban J connectivity index is 1.74. The molecule has 4 nitrogen and oxygen atoms in total. The van der Waals surface area contributed by atoms with Crippen molar-refractivity contribution in [2.75, 3.05) is 26.2 Å². The van der Waals surface area contributed by atoms with Gasteiger partial charge in [0.25, 0.3) is 5.91 Å². The molecule has 0 saturated carbocycles. The summed E-state index contributed by atoms with van der Waals surface area (Å²) in [6.45, 7) is 5.05. The van der Waals surface area contributed by atoms with Crippen molar-refractivity contribution < 1.29 is 18.0 Å². The zero-order valence-electron chi connectivity index (χ0n) is 14.4. The second-order valence-electron chi connectivity index (χ2n) is 6.28. The first-order chi connectivity index (χ1) is 12.4. The summed E-state index contributed by atoms with van der Waals surface area (Å²) in [5.74, 6) is -0.282. The van der Waals surface area contributed by atoms with Crippen LogP contribution >= 0.6 is 11.3 Å². The summed E-state index contributed by atoms with van der Waals surface area (Å²) in [6, 6.07) is 5.30. The quantitative estimate of drug-likeness (QED) is 0.850. The second kappa shape index (κ2) is 7.75. The van der Waals surface area contributed by atoms with E-state index < -0.39 is 11.7 Å². The number of hydrogen-bond donors (Lipinski definition) is 1. The highest BCUT2D eigenvalue weighted by atomic mass is 32.1. The molecule has 2 aromatic rings. The van der Waals surface area contributed by atoms with Crippen molar-refractivity contribution in [3.05, 3.63) is 40.4 Å². The zero-order chi connectivity index (χ0) is 18.7. The lowest BCUT2D eigenvalue weighted by Gasteiger charge is -2.14. The zero-order valence-corrected chi connectivity index (χ0v) is 15.2. The molecule has 3 rings (SSSR count). The Bertz CT molecular complexity index is 782. The van der Waals surface area contributed by atoms with Crippen LogP contribution in [0.5, 0.6) is 0 Å². The highest BCUT2D eigenvalue weighted by Crippen LogP contribution is 2.38. The number of nitrogens with zero attached hydrogens (tertiary/aromatic N) is 2. The average molecular weight is 383 g/mol. The van der Waals surface area contributed by atoms with Crippen molar-refractivity contribution in [1.29, 1.82) is 0 Å². The molecule has 8 heteroatoms. The van der Waals surface area contributed by atoms with Crippen LogP contribution in [0.15, 0.2) is 24.3 Å². The summed E-state index contributed by atoms with van der Waals surface area (Å²) in [7, 11) is 0. The number of benzene rings is 1. The van der Waals surface area contributed by atoms with E-state index in [2.05, 4.69) is 15.2 Å². The summed E-state index contributed by atoms with van der Waals surface area (Å²) in [5.41, 5.74) is -0.292. The van der Waals surface area contributed by atoms with Crippen molar-refractivity contribution in [1.82, 2.24) is 15.2 Å². The third kappa shape index (κ3) is 4.24. The van der Waals surface area contributed by atoms with Crippen LogP contribution in [-0.4, -0.2) is 42.0 Å². The Morgan fingerprint density at radius 2 is 1.96 bits per heavy atom. The van der Waals surface area contributed by atoms with Gasteiger partial charge in [0.05, 0.1) is 11.3 Å². The summed E-state index contributed by atoms with van der Waals surface area (Å²) < 4.78 is 39.6. The van der Waals surface area contributed by atoms with E-state index >= 15 is 0 Å². The number of hydrogen-bond acceptors (Lipinski definition) is 4. The Morgan fingerprint density at radius 1 is 1.27 bits per heavy atom. The highest BCUT2D eigenvalue weighted by Gasteiger charge is 2.34. The van der Waals surface area contributed by atoms with Crippen molar-refractivity contribution in [2.45, 2.75) is 25.9 Å². The minimum atomic E-state index is -4.46. The van der Waals surface area contributed by atoms with E-state index in [0.29, 0.717) is 17.1 Å². The molecule has 0 aliphatic carbocycles. The Hall–Kier alpha value is -1.93. The van der Waals surface area contributed by atoms with Gasteiger partial charge in [-0.2, -0.15) is 13.2 Å². The van der Waals surface area contributed by atoms with Gasteiger partial charge in [-0.1, -0.05) is 18.2 Å². The maximum absolute atomic E-state index is 13.2. The topological polar surface area (TPSA) is 45.2 Å². The van der Waals surface area contributed by atoms with Crippen LogP contribution in [-0.2, 0) is 6.18 Å². The van der Waals surface area contributed by atoms with Crippen molar-refractivity contribution in [2.24, 2.45) is 0 Å². The van der Waals surface area contributed by atoms with Gasteiger partial charge in [0, 0.05) is 18.7 Å². The molecule has 0 unspecified atom stereocenters. The molecular weight excluding hydrogens is 363 g/mol. The van der Waals surface area contributed by atoms with E-state index in [9.17, 15) is 18.0 Å². The number of thiazole rings is 1. The number of alkyl halides is 3. The van der Waals surface area contributed by atoms with Gasteiger partial charge in [-0.15, -0.1) is 11.3 Å². The maximum Gasteiger partial charge on any atom is 0.417 e. The van der Waals surface area contributed by atoms with Gasteiger partial charge in [-0.25, -0.2) is 4.98 Å². The maximum atomic E-state index is 13.2.